The van der Waals surface area contributed by atoms with E-state index in [2.05, 4.69) is 15.6 Å². The van der Waals surface area contributed by atoms with Crippen LogP contribution in [-0.2, 0) is 11.3 Å². The topological polar surface area (TPSA) is 89.6 Å². The van der Waals surface area contributed by atoms with Gasteiger partial charge in [-0.05, 0) is 55.3 Å². The molecule has 1 heterocycles. The van der Waals surface area contributed by atoms with Crippen molar-refractivity contribution in [3.05, 3.63) is 88.2 Å². The van der Waals surface area contributed by atoms with E-state index < -0.39 is 6.09 Å². The van der Waals surface area contributed by atoms with Gasteiger partial charge in [-0.15, -0.1) is 0 Å². The van der Waals surface area contributed by atoms with Crippen molar-refractivity contribution in [2.75, 3.05) is 12.4 Å². The maximum absolute atomic E-state index is 12.5. The second-order valence-corrected chi connectivity index (χ2v) is 7.59. The van der Waals surface area contributed by atoms with E-state index in [1.807, 2.05) is 26.0 Å². The first-order valence-corrected chi connectivity index (χ1v) is 10.3. The number of hydrogen-bond donors (Lipinski definition) is 2. The molecule has 32 heavy (non-hydrogen) atoms. The lowest BCUT2D eigenvalue weighted by Gasteiger charge is -2.15. The predicted molar refractivity (Wildman–Crippen MR) is 123 cm³/mol. The van der Waals surface area contributed by atoms with Crippen molar-refractivity contribution in [1.82, 2.24) is 10.3 Å². The van der Waals surface area contributed by atoms with Gasteiger partial charge in [0.05, 0.1) is 24.4 Å². The third kappa shape index (κ3) is 6.21. The number of ether oxygens (including phenoxy) is 2. The van der Waals surface area contributed by atoms with Crippen LogP contribution in [0.5, 0.6) is 5.75 Å². The van der Waals surface area contributed by atoms with Gasteiger partial charge in [0, 0.05) is 16.9 Å². The number of hydrogen-bond acceptors (Lipinski definition) is 5. The minimum atomic E-state index is -0.560. The SMILES string of the molecule is COc1cc(C(=O)NC(C)c2ccc(NC(=O)OCc3ccc(Cl)cc3)cc2)cnc1C. The smallest absolute Gasteiger partial charge is 0.411 e. The Morgan fingerprint density at radius 3 is 2.44 bits per heavy atom. The quantitative estimate of drug-likeness (QED) is 0.507. The van der Waals surface area contributed by atoms with E-state index in [1.54, 1.807) is 42.5 Å². The summed E-state index contributed by atoms with van der Waals surface area (Å²) in [5, 5.41) is 6.23. The first kappa shape index (κ1) is 23.1. The zero-order chi connectivity index (χ0) is 23.1. The van der Waals surface area contributed by atoms with Gasteiger partial charge in [-0.2, -0.15) is 0 Å². The van der Waals surface area contributed by atoms with Gasteiger partial charge < -0.3 is 14.8 Å². The molecule has 1 unspecified atom stereocenters. The number of halogens is 1. The summed E-state index contributed by atoms with van der Waals surface area (Å²) < 4.78 is 10.4. The molecule has 2 N–H and O–H groups in total. The number of carbonyl (C=O) groups excluding carboxylic acids is 2. The summed E-state index contributed by atoms with van der Waals surface area (Å²) in [4.78, 5) is 28.7. The van der Waals surface area contributed by atoms with Gasteiger partial charge in [-0.3, -0.25) is 15.1 Å². The molecule has 0 spiro atoms. The molecule has 0 saturated carbocycles. The minimum Gasteiger partial charge on any atom is -0.495 e. The van der Waals surface area contributed by atoms with Gasteiger partial charge in [0.1, 0.15) is 12.4 Å². The maximum Gasteiger partial charge on any atom is 0.411 e. The Kier molecular flexibility index (Phi) is 7.68. The molecule has 0 aliphatic heterocycles. The zero-order valence-corrected chi connectivity index (χ0v) is 18.8. The fraction of sp³-hybridized carbons (Fsp3) is 0.208. The van der Waals surface area contributed by atoms with Crippen LogP contribution in [0.15, 0.2) is 60.8 Å². The van der Waals surface area contributed by atoms with Gasteiger partial charge >= 0.3 is 6.09 Å². The van der Waals surface area contributed by atoms with Crippen molar-refractivity contribution in [2.24, 2.45) is 0 Å². The summed E-state index contributed by atoms with van der Waals surface area (Å²) in [6.07, 6.45) is 0.956. The Balaban J connectivity index is 1.53. The molecule has 0 radical (unpaired) electrons. The molecule has 3 aromatic rings. The molecule has 0 aliphatic rings. The van der Waals surface area contributed by atoms with Crippen LogP contribution < -0.4 is 15.4 Å². The highest BCUT2D eigenvalue weighted by Gasteiger charge is 2.14. The van der Waals surface area contributed by atoms with E-state index in [0.29, 0.717) is 27.7 Å². The number of pyridine rings is 1. The Bertz CT molecular complexity index is 1090. The molecule has 2 amide bonds. The molecule has 1 aromatic heterocycles. The number of benzene rings is 2. The summed E-state index contributed by atoms with van der Waals surface area (Å²) in [5.41, 5.74) is 3.44. The fourth-order valence-corrected chi connectivity index (χ4v) is 3.07. The number of amides is 2. The Morgan fingerprint density at radius 1 is 1.09 bits per heavy atom. The third-order valence-corrected chi connectivity index (χ3v) is 5.06. The van der Waals surface area contributed by atoms with Gasteiger partial charge in [0.25, 0.3) is 5.91 Å². The lowest BCUT2D eigenvalue weighted by molar-refractivity contribution is 0.0939. The molecule has 2 aromatic carbocycles. The van der Waals surface area contributed by atoms with Crippen LogP contribution >= 0.6 is 11.6 Å². The Hall–Kier alpha value is -3.58. The number of carbonyl (C=O) groups is 2. The summed E-state index contributed by atoms with van der Waals surface area (Å²) in [5.74, 6) is 0.306. The van der Waals surface area contributed by atoms with Gasteiger partial charge in [-0.25, -0.2) is 4.79 Å². The molecular formula is C24H24ClN3O4. The lowest BCUT2D eigenvalue weighted by atomic mass is 10.1. The van der Waals surface area contributed by atoms with Crippen molar-refractivity contribution in [3.63, 3.8) is 0 Å². The number of aryl methyl sites for hydroxylation is 1. The monoisotopic (exact) mass is 453 g/mol. The van der Waals surface area contributed by atoms with Gasteiger partial charge in [-0.1, -0.05) is 35.9 Å². The number of methoxy groups -OCH3 is 1. The summed E-state index contributed by atoms with van der Waals surface area (Å²) in [7, 11) is 1.54. The molecular weight excluding hydrogens is 430 g/mol. The standard InChI is InChI=1S/C24H24ClN3O4/c1-15(27-23(29)19-12-22(31-3)16(2)26-13-19)18-6-10-21(11-7-18)28-24(30)32-14-17-4-8-20(25)9-5-17/h4-13,15H,14H2,1-3H3,(H,27,29)(H,28,30). The highest BCUT2D eigenvalue weighted by molar-refractivity contribution is 6.30. The van der Waals surface area contributed by atoms with E-state index in [-0.39, 0.29) is 18.6 Å². The Labute approximate surface area is 191 Å². The number of rotatable bonds is 7. The maximum atomic E-state index is 12.5. The predicted octanol–water partition coefficient (Wildman–Crippen LogP) is 5.29. The average Bonchev–Trinajstić information content (AvgIpc) is 2.79. The largest absolute Gasteiger partial charge is 0.495 e. The molecule has 7 nitrogen and oxygen atoms in total. The van der Waals surface area contributed by atoms with Crippen molar-refractivity contribution in [3.8, 4) is 5.75 Å². The van der Waals surface area contributed by atoms with Crippen LogP contribution in [0.1, 0.15) is 40.1 Å². The normalized spacial score (nSPS) is 11.4. The summed E-state index contributed by atoms with van der Waals surface area (Å²) in [6, 6.07) is 15.6. The van der Waals surface area contributed by atoms with E-state index >= 15 is 0 Å². The van der Waals surface area contributed by atoms with Crippen LogP contribution in [0.25, 0.3) is 0 Å². The molecule has 0 fully saturated rings. The van der Waals surface area contributed by atoms with Crippen LogP contribution in [-0.4, -0.2) is 24.1 Å². The summed E-state index contributed by atoms with van der Waals surface area (Å²) >= 11 is 5.84. The van der Waals surface area contributed by atoms with Crippen molar-refractivity contribution >= 4 is 29.3 Å². The highest BCUT2D eigenvalue weighted by Crippen LogP contribution is 2.19. The van der Waals surface area contributed by atoms with Crippen molar-refractivity contribution in [1.29, 1.82) is 0 Å². The molecule has 166 valence electrons. The molecule has 0 saturated heterocycles. The minimum absolute atomic E-state index is 0.142. The van der Waals surface area contributed by atoms with Gasteiger partial charge in [0.2, 0.25) is 0 Å². The van der Waals surface area contributed by atoms with Crippen LogP contribution in [0.4, 0.5) is 10.5 Å². The second kappa shape index (κ2) is 10.6. The van der Waals surface area contributed by atoms with E-state index in [0.717, 1.165) is 11.1 Å². The van der Waals surface area contributed by atoms with E-state index in [1.165, 1.54) is 13.3 Å². The average molecular weight is 454 g/mol. The van der Waals surface area contributed by atoms with Gasteiger partial charge in [0.15, 0.2) is 0 Å². The lowest BCUT2D eigenvalue weighted by Crippen LogP contribution is -2.26. The zero-order valence-electron chi connectivity index (χ0n) is 18.0. The summed E-state index contributed by atoms with van der Waals surface area (Å²) in [6.45, 7) is 3.83. The third-order valence-electron chi connectivity index (χ3n) is 4.81. The fourth-order valence-electron chi connectivity index (χ4n) is 2.95. The van der Waals surface area contributed by atoms with E-state index in [4.69, 9.17) is 21.1 Å². The number of nitrogens with zero attached hydrogens (tertiary/aromatic N) is 1. The number of aromatic nitrogens is 1. The van der Waals surface area contributed by atoms with Crippen LogP contribution in [0.3, 0.4) is 0 Å². The number of anilines is 1. The first-order valence-electron chi connectivity index (χ1n) is 9.95. The second-order valence-electron chi connectivity index (χ2n) is 7.16. The number of nitrogens with one attached hydrogen (secondary N) is 2. The highest BCUT2D eigenvalue weighted by atomic mass is 35.5. The van der Waals surface area contributed by atoms with Crippen LogP contribution in [0.2, 0.25) is 5.02 Å². The Morgan fingerprint density at radius 2 is 1.78 bits per heavy atom. The molecule has 0 bridgehead atoms. The molecule has 1 atom stereocenters. The first-order chi connectivity index (χ1) is 15.4. The molecule has 0 aliphatic carbocycles. The van der Waals surface area contributed by atoms with Crippen molar-refractivity contribution < 1.29 is 19.1 Å². The van der Waals surface area contributed by atoms with E-state index in [9.17, 15) is 9.59 Å². The molecule has 8 heteroatoms. The molecule has 3 rings (SSSR count). The van der Waals surface area contributed by atoms with Crippen molar-refractivity contribution in [2.45, 2.75) is 26.5 Å². The van der Waals surface area contributed by atoms with Crippen LogP contribution in [0, 0.1) is 6.92 Å².